The first-order chi connectivity index (χ1) is 13.5. The SMILES string of the molecule is CCNC(=NCC(C)Oc1cccc(OC)c1)NCCCn1nc(C)cc1C.I. The molecule has 162 valence electrons. The maximum absolute atomic E-state index is 5.93. The summed E-state index contributed by atoms with van der Waals surface area (Å²) in [6.45, 7) is 11.3. The van der Waals surface area contributed by atoms with Crippen LogP contribution in [0.2, 0.25) is 0 Å². The van der Waals surface area contributed by atoms with Crippen LogP contribution in [0, 0.1) is 13.8 Å². The highest BCUT2D eigenvalue weighted by Crippen LogP contribution is 2.19. The number of nitrogens with zero attached hydrogens (tertiary/aromatic N) is 3. The van der Waals surface area contributed by atoms with Gasteiger partial charge in [-0.25, -0.2) is 4.99 Å². The molecule has 1 aromatic carbocycles. The third kappa shape index (κ3) is 8.93. The second-order valence-electron chi connectivity index (χ2n) is 6.76. The van der Waals surface area contributed by atoms with Gasteiger partial charge in [-0.3, -0.25) is 4.68 Å². The molecule has 0 aliphatic rings. The molecule has 0 bridgehead atoms. The summed E-state index contributed by atoms with van der Waals surface area (Å²) >= 11 is 0. The Morgan fingerprint density at radius 1 is 1.21 bits per heavy atom. The van der Waals surface area contributed by atoms with Crippen LogP contribution in [0.25, 0.3) is 0 Å². The minimum absolute atomic E-state index is 0. The van der Waals surface area contributed by atoms with Gasteiger partial charge < -0.3 is 20.1 Å². The lowest BCUT2D eigenvalue weighted by atomic mass is 10.3. The van der Waals surface area contributed by atoms with Gasteiger partial charge in [0.15, 0.2) is 5.96 Å². The van der Waals surface area contributed by atoms with Crippen LogP contribution in [0.3, 0.4) is 0 Å². The molecule has 0 radical (unpaired) electrons. The Hall–Kier alpha value is -1.97. The van der Waals surface area contributed by atoms with Gasteiger partial charge >= 0.3 is 0 Å². The topological polar surface area (TPSA) is 72.7 Å². The number of guanidine groups is 1. The number of rotatable bonds is 10. The molecule has 2 N–H and O–H groups in total. The first-order valence-electron chi connectivity index (χ1n) is 9.85. The fourth-order valence-corrected chi connectivity index (χ4v) is 2.84. The van der Waals surface area contributed by atoms with E-state index in [1.54, 1.807) is 7.11 Å². The van der Waals surface area contributed by atoms with Crippen molar-refractivity contribution < 1.29 is 9.47 Å². The number of ether oxygens (including phenoxy) is 2. The van der Waals surface area contributed by atoms with Crippen molar-refractivity contribution in [3.63, 3.8) is 0 Å². The van der Waals surface area contributed by atoms with Crippen LogP contribution in [0.5, 0.6) is 11.5 Å². The van der Waals surface area contributed by atoms with Crippen LogP contribution in [0.4, 0.5) is 0 Å². The van der Waals surface area contributed by atoms with E-state index in [-0.39, 0.29) is 30.1 Å². The van der Waals surface area contributed by atoms with E-state index in [9.17, 15) is 0 Å². The molecule has 0 aliphatic heterocycles. The second kappa shape index (κ2) is 13.3. The monoisotopic (exact) mass is 515 g/mol. The van der Waals surface area contributed by atoms with Crippen LogP contribution in [0.15, 0.2) is 35.3 Å². The van der Waals surface area contributed by atoms with Crippen LogP contribution in [-0.2, 0) is 6.54 Å². The van der Waals surface area contributed by atoms with E-state index < -0.39 is 0 Å². The zero-order valence-electron chi connectivity index (χ0n) is 18.1. The van der Waals surface area contributed by atoms with Crippen LogP contribution in [0.1, 0.15) is 31.7 Å². The summed E-state index contributed by atoms with van der Waals surface area (Å²) in [4.78, 5) is 4.63. The van der Waals surface area contributed by atoms with E-state index >= 15 is 0 Å². The molecule has 1 atom stereocenters. The molecular weight excluding hydrogens is 481 g/mol. The maximum Gasteiger partial charge on any atom is 0.191 e. The molecule has 0 saturated heterocycles. The molecule has 0 saturated carbocycles. The molecule has 1 aromatic heterocycles. The largest absolute Gasteiger partial charge is 0.497 e. The van der Waals surface area contributed by atoms with Gasteiger partial charge in [0.05, 0.1) is 19.3 Å². The van der Waals surface area contributed by atoms with Crippen LogP contribution < -0.4 is 20.1 Å². The molecule has 29 heavy (non-hydrogen) atoms. The van der Waals surface area contributed by atoms with Crippen molar-refractivity contribution in [1.29, 1.82) is 0 Å². The smallest absolute Gasteiger partial charge is 0.191 e. The predicted molar refractivity (Wildman–Crippen MR) is 129 cm³/mol. The number of nitrogens with one attached hydrogen (secondary N) is 2. The van der Waals surface area contributed by atoms with Gasteiger partial charge in [0.25, 0.3) is 0 Å². The number of aryl methyl sites for hydroxylation is 3. The number of methoxy groups -OCH3 is 1. The lowest BCUT2D eigenvalue weighted by Gasteiger charge is -2.15. The lowest BCUT2D eigenvalue weighted by molar-refractivity contribution is 0.229. The van der Waals surface area contributed by atoms with E-state index in [1.807, 2.05) is 42.8 Å². The van der Waals surface area contributed by atoms with Crippen LogP contribution in [-0.4, -0.2) is 48.6 Å². The summed E-state index contributed by atoms with van der Waals surface area (Å²) in [6, 6.07) is 9.71. The van der Waals surface area contributed by atoms with Gasteiger partial charge in [0, 0.05) is 31.4 Å². The quantitative estimate of drug-likeness (QED) is 0.219. The summed E-state index contributed by atoms with van der Waals surface area (Å²) in [5.41, 5.74) is 2.26. The average Bonchev–Trinajstić information content (AvgIpc) is 3.00. The minimum atomic E-state index is -0.0442. The van der Waals surface area contributed by atoms with Gasteiger partial charge in [-0.05, 0) is 52.3 Å². The van der Waals surface area contributed by atoms with Gasteiger partial charge in [-0.2, -0.15) is 5.10 Å². The summed E-state index contributed by atoms with van der Waals surface area (Å²) in [7, 11) is 1.65. The molecule has 0 amide bonds. The average molecular weight is 515 g/mol. The number of aliphatic imine (C=N–C) groups is 1. The van der Waals surface area contributed by atoms with E-state index in [2.05, 4.69) is 40.6 Å². The van der Waals surface area contributed by atoms with Crippen LogP contribution >= 0.6 is 24.0 Å². The molecule has 2 aromatic rings. The summed E-state index contributed by atoms with van der Waals surface area (Å²) in [6.07, 6.45) is 0.930. The minimum Gasteiger partial charge on any atom is -0.497 e. The molecule has 2 rings (SSSR count). The van der Waals surface area contributed by atoms with E-state index in [1.165, 1.54) is 5.69 Å². The number of aromatic nitrogens is 2. The standard InChI is InChI=1S/C21H33N5O2.HI/c1-6-22-21(23-11-8-12-26-17(3)13-16(2)25-26)24-15-18(4)28-20-10-7-9-19(14-20)27-5;/h7,9-10,13-14,18H,6,8,11-12,15H2,1-5H3,(H2,22,23,24);1H. The maximum atomic E-state index is 5.93. The molecule has 1 unspecified atom stereocenters. The fraction of sp³-hybridized carbons (Fsp3) is 0.524. The highest BCUT2D eigenvalue weighted by atomic mass is 127. The summed E-state index contributed by atoms with van der Waals surface area (Å²) in [5.74, 6) is 2.37. The Bertz CT molecular complexity index is 763. The van der Waals surface area contributed by atoms with Gasteiger partial charge in [0.1, 0.15) is 17.6 Å². The molecule has 7 nitrogen and oxygen atoms in total. The Labute approximate surface area is 191 Å². The van der Waals surface area contributed by atoms with Crippen molar-refractivity contribution in [2.45, 2.75) is 46.8 Å². The van der Waals surface area contributed by atoms with E-state index in [0.717, 1.165) is 49.2 Å². The fourth-order valence-electron chi connectivity index (χ4n) is 2.84. The van der Waals surface area contributed by atoms with Crippen molar-refractivity contribution in [2.75, 3.05) is 26.7 Å². The normalized spacial score (nSPS) is 12.1. The Kier molecular flexibility index (Phi) is 11.5. The first-order valence-corrected chi connectivity index (χ1v) is 9.85. The van der Waals surface area contributed by atoms with Crippen molar-refractivity contribution in [3.8, 4) is 11.5 Å². The van der Waals surface area contributed by atoms with E-state index in [0.29, 0.717) is 6.54 Å². The number of hydrogen-bond acceptors (Lipinski definition) is 4. The van der Waals surface area contributed by atoms with Crippen molar-refractivity contribution >= 4 is 29.9 Å². The zero-order chi connectivity index (χ0) is 20.4. The summed E-state index contributed by atoms with van der Waals surface area (Å²) in [5, 5.41) is 11.1. The lowest BCUT2D eigenvalue weighted by Crippen LogP contribution is -2.38. The third-order valence-electron chi connectivity index (χ3n) is 4.17. The number of halogens is 1. The predicted octanol–water partition coefficient (Wildman–Crippen LogP) is 3.54. The van der Waals surface area contributed by atoms with Gasteiger partial charge in [-0.1, -0.05) is 6.07 Å². The Morgan fingerprint density at radius 3 is 2.62 bits per heavy atom. The second-order valence-corrected chi connectivity index (χ2v) is 6.76. The molecule has 1 heterocycles. The molecule has 0 aliphatic carbocycles. The first kappa shape index (κ1) is 25.1. The number of benzene rings is 1. The summed E-state index contributed by atoms with van der Waals surface area (Å²) < 4.78 is 13.2. The van der Waals surface area contributed by atoms with Gasteiger partial charge in [-0.15, -0.1) is 24.0 Å². The van der Waals surface area contributed by atoms with Gasteiger partial charge in [0.2, 0.25) is 0 Å². The Morgan fingerprint density at radius 2 is 1.97 bits per heavy atom. The third-order valence-corrected chi connectivity index (χ3v) is 4.17. The number of hydrogen-bond donors (Lipinski definition) is 2. The van der Waals surface area contributed by atoms with Crippen molar-refractivity contribution in [2.24, 2.45) is 4.99 Å². The molecule has 8 heteroatoms. The highest BCUT2D eigenvalue weighted by molar-refractivity contribution is 14.0. The molecule has 0 spiro atoms. The molecular formula is C21H34IN5O2. The Balaban J connectivity index is 0.00000420. The van der Waals surface area contributed by atoms with E-state index in [4.69, 9.17) is 9.47 Å². The zero-order valence-corrected chi connectivity index (χ0v) is 20.4. The van der Waals surface area contributed by atoms with Crippen molar-refractivity contribution in [3.05, 3.63) is 41.7 Å². The van der Waals surface area contributed by atoms with Crippen molar-refractivity contribution in [1.82, 2.24) is 20.4 Å². The highest BCUT2D eigenvalue weighted by Gasteiger charge is 2.06. The molecule has 0 fully saturated rings.